The number of carbonyl (C=O) groups excluding carboxylic acids is 1. The van der Waals surface area contributed by atoms with Crippen LogP contribution in [0.4, 0.5) is 0 Å². The van der Waals surface area contributed by atoms with E-state index in [1.54, 1.807) is 6.07 Å². The van der Waals surface area contributed by atoms with Gasteiger partial charge in [0.05, 0.1) is 11.1 Å². The van der Waals surface area contributed by atoms with Crippen LogP contribution in [0.3, 0.4) is 0 Å². The molecule has 1 heterocycles. The first-order valence-corrected chi connectivity index (χ1v) is 6.00. The van der Waals surface area contributed by atoms with E-state index in [2.05, 4.69) is 0 Å². The second kappa shape index (κ2) is 4.07. The lowest BCUT2D eigenvalue weighted by Crippen LogP contribution is -2.41. The largest absolute Gasteiger partial charge is 0.486 e. The monoisotopic (exact) mass is 248 g/mol. The summed E-state index contributed by atoms with van der Waals surface area (Å²) < 4.78 is 5.29. The molecular weight excluding hydrogens is 230 g/mol. The van der Waals surface area contributed by atoms with Crippen LogP contribution < -0.4 is 4.74 Å². The summed E-state index contributed by atoms with van der Waals surface area (Å²) in [5, 5.41) is 13.5. The first-order chi connectivity index (χ1) is 8.31. The Hall–Kier alpha value is -1.39. The molecule has 0 saturated carbocycles. The van der Waals surface area contributed by atoms with Gasteiger partial charge in [-0.15, -0.1) is 10.3 Å². The van der Waals surface area contributed by atoms with Crippen LogP contribution in [-0.4, -0.2) is 18.0 Å². The van der Waals surface area contributed by atoms with Crippen molar-refractivity contribution in [1.29, 1.82) is 0 Å². The Labute approximate surface area is 107 Å². The summed E-state index contributed by atoms with van der Waals surface area (Å²) in [5.41, 5.74) is 0.855. The number of hydrogen-bond acceptors (Lipinski definition) is 3. The quantitative estimate of drug-likeness (QED) is 0.772. The minimum absolute atomic E-state index is 0.0314. The number of carbonyl (C=O) groups is 1. The Bertz CT molecular complexity index is 480. The highest BCUT2D eigenvalue weighted by atomic mass is 16.5. The second-order valence-corrected chi connectivity index (χ2v) is 5.60. The summed E-state index contributed by atoms with van der Waals surface area (Å²) in [6.45, 7) is 7.66. The molecule has 0 N–H and O–H groups in total. The van der Waals surface area contributed by atoms with Crippen molar-refractivity contribution in [3.05, 3.63) is 29.3 Å². The van der Waals surface area contributed by atoms with Crippen LogP contribution in [0.1, 0.15) is 38.8 Å². The molecule has 1 aromatic carbocycles. The predicted octanol–water partition coefficient (Wildman–Crippen LogP) is 2.40. The summed E-state index contributed by atoms with van der Waals surface area (Å²) >= 11 is 0. The molecule has 4 nitrogen and oxygen atoms in total. The highest BCUT2D eigenvalue weighted by Crippen LogP contribution is 2.49. The van der Waals surface area contributed by atoms with Gasteiger partial charge in [0.15, 0.2) is 6.29 Å². The molecule has 2 rings (SSSR count). The summed E-state index contributed by atoms with van der Waals surface area (Å²) in [6.07, 6.45) is 0.711. The van der Waals surface area contributed by atoms with Crippen molar-refractivity contribution in [1.82, 2.24) is 5.06 Å². The van der Waals surface area contributed by atoms with Crippen LogP contribution in [0.15, 0.2) is 18.2 Å². The van der Waals surface area contributed by atoms with E-state index in [9.17, 15) is 10.0 Å². The number of benzene rings is 1. The lowest BCUT2D eigenvalue weighted by molar-refractivity contribution is -0.266. The van der Waals surface area contributed by atoms with Crippen LogP contribution in [0.2, 0.25) is 0 Å². The maximum atomic E-state index is 12.4. The third kappa shape index (κ3) is 1.72. The van der Waals surface area contributed by atoms with Gasteiger partial charge in [0.1, 0.15) is 12.4 Å². The molecule has 0 aromatic heterocycles. The molecule has 1 aromatic rings. The van der Waals surface area contributed by atoms with Crippen molar-refractivity contribution < 1.29 is 14.7 Å². The fraction of sp³-hybridized carbons (Fsp3) is 0.500. The van der Waals surface area contributed by atoms with E-state index in [0.29, 0.717) is 12.0 Å². The number of fused-ring (bicyclic) bond motifs is 1. The molecular formula is C14H18NO3. The van der Waals surface area contributed by atoms with Crippen LogP contribution in [-0.2, 0) is 21.1 Å². The third-order valence-electron chi connectivity index (χ3n) is 3.64. The van der Waals surface area contributed by atoms with E-state index < -0.39 is 11.1 Å². The van der Waals surface area contributed by atoms with E-state index in [-0.39, 0.29) is 6.61 Å². The molecule has 0 amide bonds. The van der Waals surface area contributed by atoms with Crippen molar-refractivity contribution in [2.75, 3.05) is 6.61 Å². The molecule has 0 bridgehead atoms. The molecule has 0 aliphatic carbocycles. The molecule has 1 radical (unpaired) electrons. The van der Waals surface area contributed by atoms with Gasteiger partial charge < -0.3 is 4.74 Å². The molecule has 0 fully saturated rings. The van der Waals surface area contributed by atoms with Gasteiger partial charge in [-0.1, -0.05) is 6.07 Å². The van der Waals surface area contributed by atoms with E-state index in [4.69, 9.17) is 4.74 Å². The summed E-state index contributed by atoms with van der Waals surface area (Å²) in [6, 6.07) is 5.58. The summed E-state index contributed by atoms with van der Waals surface area (Å²) in [5.74, 6) is 0.625. The molecule has 1 aliphatic rings. The van der Waals surface area contributed by atoms with Crippen molar-refractivity contribution >= 4 is 6.29 Å². The number of rotatable bonds is 3. The molecule has 0 spiro atoms. The van der Waals surface area contributed by atoms with Gasteiger partial charge in [-0.05, 0) is 51.0 Å². The summed E-state index contributed by atoms with van der Waals surface area (Å²) in [4.78, 5) is 10.3. The molecule has 18 heavy (non-hydrogen) atoms. The average molecular weight is 248 g/mol. The number of hydrogen-bond donors (Lipinski definition) is 0. The fourth-order valence-electron chi connectivity index (χ4n) is 2.70. The molecule has 0 saturated heterocycles. The zero-order valence-corrected chi connectivity index (χ0v) is 11.2. The summed E-state index contributed by atoms with van der Waals surface area (Å²) in [7, 11) is 0. The van der Waals surface area contributed by atoms with Gasteiger partial charge in [-0.2, -0.15) is 0 Å². The van der Waals surface area contributed by atoms with E-state index >= 15 is 0 Å². The van der Waals surface area contributed by atoms with E-state index in [1.165, 1.54) is 0 Å². The Morgan fingerprint density at radius 3 is 2.39 bits per heavy atom. The van der Waals surface area contributed by atoms with Crippen LogP contribution in [0.5, 0.6) is 5.75 Å². The molecule has 97 valence electrons. The number of ether oxygens (including phenoxy) is 1. The Balaban J connectivity index is 2.48. The maximum absolute atomic E-state index is 12.4. The molecule has 4 heteroatoms. The zero-order valence-electron chi connectivity index (χ0n) is 11.2. The fourth-order valence-corrected chi connectivity index (χ4v) is 2.70. The first kappa shape index (κ1) is 13.1. The standard InChI is InChI=1S/C14H18NO3/c1-13(2)11-6-5-10(18-8-7-16)9-12(11)14(3,4)15(13)17/h5-7,9H,8H2,1-4H3. The van der Waals surface area contributed by atoms with Crippen molar-refractivity contribution in [2.45, 2.75) is 38.8 Å². The first-order valence-electron chi connectivity index (χ1n) is 6.00. The molecule has 0 unspecified atom stereocenters. The minimum atomic E-state index is -0.584. The van der Waals surface area contributed by atoms with Crippen LogP contribution in [0, 0.1) is 0 Å². The molecule has 0 atom stereocenters. The average Bonchev–Trinajstić information content (AvgIpc) is 2.46. The highest BCUT2D eigenvalue weighted by Gasteiger charge is 2.50. The Morgan fingerprint density at radius 2 is 1.78 bits per heavy atom. The zero-order chi connectivity index (χ0) is 13.6. The van der Waals surface area contributed by atoms with E-state index in [1.807, 2.05) is 39.8 Å². The van der Waals surface area contributed by atoms with Gasteiger partial charge in [0, 0.05) is 0 Å². The topological polar surface area (TPSA) is 49.4 Å². The third-order valence-corrected chi connectivity index (χ3v) is 3.64. The Morgan fingerprint density at radius 1 is 1.17 bits per heavy atom. The van der Waals surface area contributed by atoms with Crippen LogP contribution in [0.25, 0.3) is 0 Å². The maximum Gasteiger partial charge on any atom is 0.157 e. The predicted molar refractivity (Wildman–Crippen MR) is 66.6 cm³/mol. The van der Waals surface area contributed by atoms with Gasteiger partial charge >= 0.3 is 0 Å². The number of hydroxylamine groups is 2. The van der Waals surface area contributed by atoms with Crippen molar-refractivity contribution in [3.8, 4) is 5.75 Å². The van der Waals surface area contributed by atoms with Gasteiger partial charge in [0.25, 0.3) is 0 Å². The van der Waals surface area contributed by atoms with Crippen molar-refractivity contribution in [3.63, 3.8) is 0 Å². The lowest BCUT2D eigenvalue weighted by atomic mass is 9.90. The lowest BCUT2D eigenvalue weighted by Gasteiger charge is -2.32. The second-order valence-electron chi connectivity index (χ2n) is 5.60. The molecule has 1 aliphatic heterocycles. The highest BCUT2D eigenvalue weighted by molar-refractivity contribution is 5.52. The van der Waals surface area contributed by atoms with Gasteiger partial charge in [0.2, 0.25) is 0 Å². The van der Waals surface area contributed by atoms with Crippen molar-refractivity contribution in [2.24, 2.45) is 0 Å². The van der Waals surface area contributed by atoms with Gasteiger partial charge in [-0.25, -0.2) is 0 Å². The number of aldehydes is 1. The Kier molecular flexibility index (Phi) is 2.95. The minimum Gasteiger partial charge on any atom is -0.486 e. The van der Waals surface area contributed by atoms with Gasteiger partial charge in [-0.3, -0.25) is 4.79 Å². The van der Waals surface area contributed by atoms with E-state index in [0.717, 1.165) is 16.2 Å². The smallest absolute Gasteiger partial charge is 0.157 e. The SMILES string of the molecule is CC1(C)c2ccc(OCC=O)cc2C(C)(C)N1[O]. The van der Waals surface area contributed by atoms with Crippen LogP contribution >= 0.6 is 0 Å². The normalized spacial score (nSPS) is 20.5. The number of nitrogens with zero attached hydrogens (tertiary/aromatic N) is 1.